The molecule has 1 heterocycles. The average molecular weight is 201 g/mol. The van der Waals surface area contributed by atoms with Crippen LogP contribution in [0, 0.1) is 0 Å². The van der Waals surface area contributed by atoms with Crippen molar-refractivity contribution in [2.24, 2.45) is 0 Å². The van der Waals surface area contributed by atoms with E-state index in [-0.39, 0.29) is 0 Å². The Morgan fingerprint density at radius 1 is 1.60 bits per heavy atom. The third-order valence-electron chi connectivity index (χ3n) is 1.23. The first-order chi connectivity index (χ1) is 4.84. The van der Waals surface area contributed by atoms with E-state index < -0.39 is 0 Å². The van der Waals surface area contributed by atoms with Crippen LogP contribution in [-0.4, -0.2) is 9.97 Å². The molecule has 0 amide bonds. The molecule has 0 N–H and O–H groups in total. The van der Waals surface area contributed by atoms with Crippen molar-refractivity contribution in [3.05, 3.63) is 22.7 Å². The Hall–Kier alpha value is -0.440. The van der Waals surface area contributed by atoms with Crippen LogP contribution >= 0.6 is 15.9 Å². The highest BCUT2D eigenvalue weighted by atomic mass is 79.9. The summed E-state index contributed by atoms with van der Waals surface area (Å²) in [7, 11) is 0. The zero-order valence-corrected chi connectivity index (χ0v) is 7.43. The van der Waals surface area contributed by atoms with Gasteiger partial charge in [0.15, 0.2) is 0 Å². The van der Waals surface area contributed by atoms with E-state index in [1.54, 1.807) is 12.5 Å². The van der Waals surface area contributed by atoms with E-state index in [0.717, 1.165) is 23.0 Å². The Morgan fingerprint density at radius 3 is 3.00 bits per heavy atom. The van der Waals surface area contributed by atoms with Gasteiger partial charge >= 0.3 is 0 Å². The molecule has 0 aliphatic carbocycles. The lowest BCUT2D eigenvalue weighted by atomic mass is 10.2. The molecule has 0 aliphatic rings. The van der Waals surface area contributed by atoms with Crippen LogP contribution in [0.5, 0.6) is 0 Å². The van der Waals surface area contributed by atoms with Crippen LogP contribution in [0.1, 0.15) is 19.0 Å². The highest BCUT2D eigenvalue weighted by molar-refractivity contribution is 9.10. The van der Waals surface area contributed by atoms with Crippen LogP contribution in [0.2, 0.25) is 0 Å². The van der Waals surface area contributed by atoms with Crippen LogP contribution in [0.25, 0.3) is 0 Å². The molecule has 0 fully saturated rings. The van der Waals surface area contributed by atoms with E-state index in [4.69, 9.17) is 0 Å². The summed E-state index contributed by atoms with van der Waals surface area (Å²) in [5.41, 5.74) is 1.09. The number of nitrogens with zero attached hydrogens (tertiary/aromatic N) is 2. The van der Waals surface area contributed by atoms with Crippen molar-refractivity contribution in [2.45, 2.75) is 19.8 Å². The lowest BCUT2D eigenvalue weighted by molar-refractivity contribution is 0.865. The van der Waals surface area contributed by atoms with Crippen LogP contribution in [0.15, 0.2) is 17.0 Å². The number of hydrogen-bond donors (Lipinski definition) is 0. The summed E-state index contributed by atoms with van der Waals surface area (Å²) in [5, 5.41) is 0. The SMILES string of the molecule is CCCc1ncncc1Br. The third kappa shape index (κ3) is 1.77. The summed E-state index contributed by atoms with van der Waals surface area (Å²) in [4.78, 5) is 7.98. The number of aryl methyl sites for hydroxylation is 1. The zero-order chi connectivity index (χ0) is 7.40. The van der Waals surface area contributed by atoms with Crippen molar-refractivity contribution < 1.29 is 0 Å². The fraction of sp³-hybridized carbons (Fsp3) is 0.429. The Kier molecular flexibility index (Phi) is 2.81. The maximum Gasteiger partial charge on any atom is 0.115 e. The summed E-state index contributed by atoms with van der Waals surface area (Å²) >= 11 is 3.37. The Labute approximate surface area is 68.8 Å². The normalized spacial score (nSPS) is 9.80. The van der Waals surface area contributed by atoms with Crippen LogP contribution < -0.4 is 0 Å². The molecule has 2 nitrogen and oxygen atoms in total. The lowest BCUT2D eigenvalue weighted by Gasteiger charge is -1.97. The summed E-state index contributed by atoms with van der Waals surface area (Å²) in [6.07, 6.45) is 5.49. The fourth-order valence-corrected chi connectivity index (χ4v) is 1.18. The largest absolute Gasteiger partial charge is 0.244 e. The smallest absolute Gasteiger partial charge is 0.115 e. The molecule has 0 unspecified atom stereocenters. The summed E-state index contributed by atoms with van der Waals surface area (Å²) in [6.45, 7) is 2.13. The third-order valence-corrected chi connectivity index (χ3v) is 1.89. The standard InChI is InChI=1S/C7H9BrN2/c1-2-3-7-6(8)4-9-5-10-7/h4-5H,2-3H2,1H3. The van der Waals surface area contributed by atoms with Crippen molar-refractivity contribution in [3.63, 3.8) is 0 Å². The molecule has 54 valence electrons. The second-order valence-corrected chi connectivity index (χ2v) is 2.92. The molecule has 0 atom stereocenters. The first-order valence-corrected chi connectivity index (χ1v) is 4.08. The highest BCUT2D eigenvalue weighted by Gasteiger charge is 1.96. The number of rotatable bonds is 2. The van der Waals surface area contributed by atoms with E-state index in [9.17, 15) is 0 Å². The monoisotopic (exact) mass is 200 g/mol. The van der Waals surface area contributed by atoms with Crippen molar-refractivity contribution >= 4 is 15.9 Å². The van der Waals surface area contributed by atoms with Crippen molar-refractivity contribution in [3.8, 4) is 0 Å². The molecular weight excluding hydrogens is 192 g/mol. The van der Waals surface area contributed by atoms with Gasteiger partial charge in [-0.3, -0.25) is 0 Å². The minimum absolute atomic E-state index is 1.01. The topological polar surface area (TPSA) is 25.8 Å². The molecule has 1 aromatic heterocycles. The predicted molar refractivity (Wildman–Crippen MR) is 43.7 cm³/mol. The molecule has 0 aliphatic heterocycles. The average Bonchev–Trinajstić information content (AvgIpc) is 1.94. The minimum atomic E-state index is 1.01. The van der Waals surface area contributed by atoms with Crippen molar-refractivity contribution in [1.29, 1.82) is 0 Å². The highest BCUT2D eigenvalue weighted by Crippen LogP contribution is 2.12. The molecule has 3 heteroatoms. The summed E-state index contributed by atoms with van der Waals surface area (Å²) in [5.74, 6) is 0. The quantitative estimate of drug-likeness (QED) is 0.732. The molecule has 0 bridgehead atoms. The number of hydrogen-bond acceptors (Lipinski definition) is 2. The van der Waals surface area contributed by atoms with E-state index in [2.05, 4.69) is 32.8 Å². The molecule has 0 aromatic carbocycles. The Bertz CT molecular complexity index is 213. The van der Waals surface area contributed by atoms with Gasteiger partial charge in [0.1, 0.15) is 6.33 Å². The molecule has 0 radical (unpaired) electrons. The molecule has 0 saturated heterocycles. The molecule has 1 rings (SSSR count). The van der Waals surface area contributed by atoms with Crippen LogP contribution in [0.4, 0.5) is 0 Å². The molecule has 10 heavy (non-hydrogen) atoms. The van der Waals surface area contributed by atoms with Gasteiger partial charge in [-0.1, -0.05) is 13.3 Å². The van der Waals surface area contributed by atoms with Gasteiger partial charge in [0.05, 0.1) is 10.2 Å². The second kappa shape index (κ2) is 3.66. The van der Waals surface area contributed by atoms with Gasteiger partial charge in [0.2, 0.25) is 0 Å². The van der Waals surface area contributed by atoms with E-state index in [1.807, 2.05) is 0 Å². The molecular formula is C7H9BrN2. The van der Waals surface area contributed by atoms with Gasteiger partial charge in [0.25, 0.3) is 0 Å². The second-order valence-electron chi connectivity index (χ2n) is 2.07. The lowest BCUT2D eigenvalue weighted by Crippen LogP contribution is -1.90. The number of halogens is 1. The van der Waals surface area contributed by atoms with E-state index >= 15 is 0 Å². The van der Waals surface area contributed by atoms with Crippen LogP contribution in [-0.2, 0) is 6.42 Å². The van der Waals surface area contributed by atoms with Gasteiger partial charge in [0, 0.05) is 6.20 Å². The maximum absolute atomic E-state index is 4.11. The van der Waals surface area contributed by atoms with Gasteiger partial charge in [-0.15, -0.1) is 0 Å². The van der Waals surface area contributed by atoms with Crippen molar-refractivity contribution in [1.82, 2.24) is 9.97 Å². The number of aromatic nitrogens is 2. The van der Waals surface area contributed by atoms with E-state index in [1.165, 1.54) is 0 Å². The van der Waals surface area contributed by atoms with Crippen LogP contribution in [0.3, 0.4) is 0 Å². The molecule has 0 saturated carbocycles. The molecule has 1 aromatic rings. The fourth-order valence-electron chi connectivity index (χ4n) is 0.759. The zero-order valence-electron chi connectivity index (χ0n) is 5.84. The predicted octanol–water partition coefficient (Wildman–Crippen LogP) is 2.19. The van der Waals surface area contributed by atoms with Gasteiger partial charge in [-0.05, 0) is 22.4 Å². The Morgan fingerprint density at radius 2 is 2.40 bits per heavy atom. The first kappa shape index (κ1) is 7.66. The first-order valence-electron chi connectivity index (χ1n) is 3.29. The van der Waals surface area contributed by atoms with Crippen molar-refractivity contribution in [2.75, 3.05) is 0 Å². The van der Waals surface area contributed by atoms with Gasteiger partial charge in [-0.2, -0.15) is 0 Å². The minimum Gasteiger partial charge on any atom is -0.244 e. The van der Waals surface area contributed by atoms with Gasteiger partial charge < -0.3 is 0 Å². The van der Waals surface area contributed by atoms with Gasteiger partial charge in [-0.25, -0.2) is 9.97 Å². The van der Waals surface area contributed by atoms with E-state index in [0.29, 0.717) is 0 Å². The summed E-state index contributed by atoms with van der Waals surface area (Å²) in [6, 6.07) is 0. The molecule has 0 spiro atoms. The Balaban J connectivity index is 2.81. The summed E-state index contributed by atoms with van der Waals surface area (Å²) < 4.78 is 1.01. The maximum atomic E-state index is 4.11.